The van der Waals surface area contributed by atoms with E-state index in [0.717, 1.165) is 6.42 Å². The molecule has 0 saturated carbocycles. The number of furan rings is 1. The van der Waals surface area contributed by atoms with Gasteiger partial charge in [-0.25, -0.2) is 13.1 Å². The van der Waals surface area contributed by atoms with Crippen LogP contribution in [0.4, 0.5) is 0 Å². The molecule has 1 fully saturated rings. The van der Waals surface area contributed by atoms with E-state index in [-0.39, 0.29) is 11.0 Å². The Kier molecular flexibility index (Phi) is 5.20. The van der Waals surface area contributed by atoms with Crippen LogP contribution in [0.25, 0.3) is 0 Å². The predicted octanol–water partition coefficient (Wildman–Crippen LogP) is 1.09. The first-order valence-electron chi connectivity index (χ1n) is 6.87. The van der Waals surface area contributed by atoms with Crippen molar-refractivity contribution in [2.24, 2.45) is 5.92 Å². The second-order valence-corrected chi connectivity index (χ2v) is 7.04. The molecule has 1 saturated heterocycles. The lowest BCUT2D eigenvalue weighted by atomic mass is 10.1. The third-order valence-corrected chi connectivity index (χ3v) is 4.47. The lowest BCUT2D eigenvalue weighted by Crippen LogP contribution is -2.29. The second-order valence-electron chi connectivity index (χ2n) is 5.34. The van der Waals surface area contributed by atoms with Gasteiger partial charge < -0.3 is 14.5 Å². The van der Waals surface area contributed by atoms with Crippen LogP contribution in [-0.4, -0.2) is 34.2 Å². The first-order chi connectivity index (χ1) is 9.47. The van der Waals surface area contributed by atoms with Gasteiger partial charge in [0.1, 0.15) is 5.76 Å². The fourth-order valence-electron chi connectivity index (χ4n) is 1.95. The number of nitrogens with one attached hydrogen (secondary N) is 2. The Labute approximate surface area is 119 Å². The molecule has 20 heavy (non-hydrogen) atoms. The maximum absolute atomic E-state index is 12.1. The summed E-state index contributed by atoms with van der Waals surface area (Å²) >= 11 is 0. The first-order valence-corrected chi connectivity index (χ1v) is 8.35. The molecule has 1 aliphatic rings. The first kappa shape index (κ1) is 15.5. The maximum atomic E-state index is 12.1. The minimum absolute atomic E-state index is 0.0306. The average Bonchev–Trinajstić information content (AvgIpc) is 3.05. The van der Waals surface area contributed by atoms with Gasteiger partial charge in [-0.1, -0.05) is 13.8 Å². The number of rotatable bonds is 7. The highest BCUT2D eigenvalue weighted by Gasteiger charge is 2.22. The second kappa shape index (κ2) is 6.71. The van der Waals surface area contributed by atoms with E-state index in [9.17, 15) is 8.42 Å². The van der Waals surface area contributed by atoms with Gasteiger partial charge in [-0.2, -0.15) is 0 Å². The third-order valence-electron chi connectivity index (χ3n) is 3.17. The molecule has 0 aromatic carbocycles. The molecule has 6 nitrogen and oxygen atoms in total. The van der Waals surface area contributed by atoms with Gasteiger partial charge in [0.2, 0.25) is 5.09 Å². The Morgan fingerprint density at radius 3 is 2.85 bits per heavy atom. The summed E-state index contributed by atoms with van der Waals surface area (Å²) < 4.78 is 37.3. The Morgan fingerprint density at radius 2 is 2.20 bits per heavy atom. The molecule has 1 aromatic rings. The maximum Gasteiger partial charge on any atom is 0.273 e. The lowest BCUT2D eigenvalue weighted by molar-refractivity contribution is 0.186. The van der Waals surface area contributed by atoms with Gasteiger partial charge in [0.05, 0.1) is 13.2 Å². The number of hydrogen-bond acceptors (Lipinski definition) is 5. The highest BCUT2D eigenvalue weighted by atomic mass is 32.2. The van der Waals surface area contributed by atoms with Crippen LogP contribution in [0, 0.1) is 5.92 Å². The van der Waals surface area contributed by atoms with Crippen molar-refractivity contribution in [3.8, 4) is 0 Å². The molecule has 1 atom stereocenters. The van der Waals surface area contributed by atoms with Crippen LogP contribution >= 0.6 is 0 Å². The zero-order valence-corrected chi connectivity index (χ0v) is 12.7. The molecule has 0 spiro atoms. The minimum Gasteiger partial charge on any atom is -0.447 e. The monoisotopic (exact) mass is 302 g/mol. The van der Waals surface area contributed by atoms with Crippen LogP contribution in [0.3, 0.4) is 0 Å². The molecule has 2 heterocycles. The van der Waals surface area contributed by atoms with Crippen molar-refractivity contribution in [2.45, 2.75) is 37.9 Å². The van der Waals surface area contributed by atoms with Crippen molar-refractivity contribution in [1.82, 2.24) is 10.0 Å². The van der Waals surface area contributed by atoms with Crippen molar-refractivity contribution in [2.75, 3.05) is 19.8 Å². The van der Waals surface area contributed by atoms with Crippen LogP contribution < -0.4 is 10.0 Å². The number of sulfonamides is 1. The molecule has 1 unspecified atom stereocenters. The van der Waals surface area contributed by atoms with Gasteiger partial charge in [-0.15, -0.1) is 0 Å². The summed E-state index contributed by atoms with van der Waals surface area (Å²) in [5.74, 6) is 0.866. The fraction of sp³-hybridized carbons (Fsp3) is 0.692. The highest BCUT2D eigenvalue weighted by Crippen LogP contribution is 2.16. The van der Waals surface area contributed by atoms with E-state index in [1.165, 1.54) is 6.07 Å². The van der Waals surface area contributed by atoms with Crippen molar-refractivity contribution < 1.29 is 17.6 Å². The SMILES string of the molecule is CC(C)NCc1ccc(S(=O)(=O)NCC2CCOC2)o1. The summed E-state index contributed by atoms with van der Waals surface area (Å²) in [4.78, 5) is 0. The van der Waals surface area contributed by atoms with Gasteiger partial charge >= 0.3 is 0 Å². The molecule has 1 aromatic heterocycles. The summed E-state index contributed by atoms with van der Waals surface area (Å²) in [5, 5.41) is 3.15. The van der Waals surface area contributed by atoms with Gasteiger partial charge in [0.15, 0.2) is 0 Å². The topological polar surface area (TPSA) is 80.6 Å². The Bertz CT molecular complexity index is 518. The molecular weight excluding hydrogens is 280 g/mol. The van der Waals surface area contributed by atoms with Gasteiger partial charge in [-0.05, 0) is 24.5 Å². The van der Waals surface area contributed by atoms with Gasteiger partial charge in [0.25, 0.3) is 10.0 Å². The summed E-state index contributed by atoms with van der Waals surface area (Å²) in [6, 6.07) is 3.49. The number of hydrogen-bond donors (Lipinski definition) is 2. The Morgan fingerprint density at radius 1 is 1.40 bits per heavy atom. The molecule has 0 aliphatic carbocycles. The Balaban J connectivity index is 1.91. The van der Waals surface area contributed by atoms with E-state index in [0.29, 0.717) is 38.1 Å². The summed E-state index contributed by atoms with van der Waals surface area (Å²) in [5.41, 5.74) is 0. The van der Waals surface area contributed by atoms with Crippen molar-refractivity contribution >= 4 is 10.0 Å². The highest BCUT2D eigenvalue weighted by molar-refractivity contribution is 7.89. The van der Waals surface area contributed by atoms with E-state index >= 15 is 0 Å². The van der Waals surface area contributed by atoms with E-state index in [2.05, 4.69) is 10.0 Å². The molecule has 1 aliphatic heterocycles. The summed E-state index contributed by atoms with van der Waals surface area (Å²) in [7, 11) is -3.57. The molecular formula is C13H22N2O4S. The van der Waals surface area contributed by atoms with Crippen LogP contribution in [0.5, 0.6) is 0 Å². The van der Waals surface area contributed by atoms with Crippen molar-refractivity contribution in [1.29, 1.82) is 0 Å². The van der Waals surface area contributed by atoms with Crippen LogP contribution in [-0.2, 0) is 21.3 Å². The van der Waals surface area contributed by atoms with Crippen LogP contribution in [0.2, 0.25) is 0 Å². The smallest absolute Gasteiger partial charge is 0.273 e. The van der Waals surface area contributed by atoms with E-state index < -0.39 is 10.0 Å². The van der Waals surface area contributed by atoms with Crippen LogP contribution in [0.15, 0.2) is 21.6 Å². The zero-order chi connectivity index (χ0) is 14.6. The van der Waals surface area contributed by atoms with Gasteiger partial charge in [0, 0.05) is 19.2 Å². The summed E-state index contributed by atoms with van der Waals surface area (Å²) in [6.45, 7) is 6.27. The van der Waals surface area contributed by atoms with Crippen LogP contribution in [0.1, 0.15) is 26.0 Å². The quantitative estimate of drug-likeness (QED) is 0.788. The van der Waals surface area contributed by atoms with E-state index in [1.54, 1.807) is 6.07 Å². The molecule has 0 radical (unpaired) electrons. The molecule has 2 N–H and O–H groups in total. The molecule has 2 rings (SSSR count). The van der Waals surface area contributed by atoms with Crippen molar-refractivity contribution in [3.63, 3.8) is 0 Å². The van der Waals surface area contributed by atoms with Gasteiger partial charge in [-0.3, -0.25) is 0 Å². The molecule has 7 heteroatoms. The van der Waals surface area contributed by atoms with E-state index in [4.69, 9.17) is 9.15 Å². The average molecular weight is 302 g/mol. The predicted molar refractivity (Wildman–Crippen MR) is 74.8 cm³/mol. The molecule has 0 bridgehead atoms. The lowest BCUT2D eigenvalue weighted by Gasteiger charge is -2.08. The van der Waals surface area contributed by atoms with Crippen molar-refractivity contribution in [3.05, 3.63) is 17.9 Å². The standard InChI is InChI=1S/C13H22N2O4S/c1-10(2)14-8-12-3-4-13(19-12)20(16,17)15-7-11-5-6-18-9-11/h3-4,10-11,14-15H,5-9H2,1-2H3. The minimum atomic E-state index is -3.57. The Hall–Kier alpha value is -0.890. The largest absolute Gasteiger partial charge is 0.447 e. The number of ether oxygens (including phenoxy) is 1. The molecule has 0 amide bonds. The normalized spacial score (nSPS) is 19.9. The summed E-state index contributed by atoms with van der Waals surface area (Å²) in [6.07, 6.45) is 0.893. The zero-order valence-electron chi connectivity index (χ0n) is 11.9. The van der Waals surface area contributed by atoms with E-state index in [1.807, 2.05) is 13.8 Å². The third kappa shape index (κ3) is 4.31. The fourth-order valence-corrected chi connectivity index (χ4v) is 3.01. The molecule has 114 valence electrons.